The summed E-state index contributed by atoms with van der Waals surface area (Å²) in [4.78, 5) is 0. The lowest BCUT2D eigenvalue weighted by Crippen LogP contribution is -2.47. The Hall–Kier alpha value is -0.0800. The number of hydrogen-bond donors (Lipinski definition) is 1. The summed E-state index contributed by atoms with van der Waals surface area (Å²) >= 11 is 0. The summed E-state index contributed by atoms with van der Waals surface area (Å²) in [5, 5.41) is 9.87. The molecule has 16 heavy (non-hydrogen) atoms. The second kappa shape index (κ2) is 3.99. The Morgan fingerprint density at radius 3 is 2.56 bits per heavy atom. The Bertz CT molecular complexity index is 259. The maximum Gasteiger partial charge on any atom is 0.0685 e. The quantitative estimate of drug-likeness (QED) is 0.742. The highest BCUT2D eigenvalue weighted by Gasteiger charge is 2.46. The van der Waals surface area contributed by atoms with Crippen LogP contribution in [0.2, 0.25) is 0 Å². The minimum Gasteiger partial charge on any atom is -0.393 e. The first-order valence-corrected chi connectivity index (χ1v) is 7.02. The maximum atomic E-state index is 9.87. The fourth-order valence-corrected chi connectivity index (χ4v) is 4.19. The minimum absolute atomic E-state index is 0.0369. The van der Waals surface area contributed by atoms with Gasteiger partial charge in [0.2, 0.25) is 0 Å². The van der Waals surface area contributed by atoms with Gasteiger partial charge in [0.25, 0.3) is 0 Å². The highest BCUT2D eigenvalue weighted by molar-refractivity contribution is 4.97. The van der Waals surface area contributed by atoms with E-state index in [0.717, 1.165) is 24.9 Å². The molecule has 1 spiro atoms. The molecule has 92 valence electrons. The van der Waals surface area contributed by atoms with Crippen LogP contribution in [0.15, 0.2) is 0 Å². The van der Waals surface area contributed by atoms with Gasteiger partial charge in [0.05, 0.1) is 11.7 Å². The molecule has 2 saturated carbocycles. The number of aliphatic hydroxyl groups is 1. The fourth-order valence-electron chi connectivity index (χ4n) is 4.19. The van der Waals surface area contributed by atoms with E-state index in [4.69, 9.17) is 4.74 Å². The average Bonchev–Trinajstić information content (AvgIpc) is 2.58. The Morgan fingerprint density at radius 2 is 2.00 bits per heavy atom. The summed E-state index contributed by atoms with van der Waals surface area (Å²) in [7, 11) is 0. The van der Waals surface area contributed by atoms with Gasteiger partial charge in [-0.15, -0.1) is 0 Å². The summed E-state index contributed by atoms with van der Waals surface area (Å²) in [5.74, 6) is 2.10. The largest absolute Gasteiger partial charge is 0.393 e. The molecule has 0 radical (unpaired) electrons. The van der Waals surface area contributed by atoms with Crippen molar-refractivity contribution in [2.45, 2.75) is 63.6 Å². The molecule has 3 rings (SSSR count). The van der Waals surface area contributed by atoms with Crippen LogP contribution in [0.25, 0.3) is 0 Å². The zero-order chi connectivity index (χ0) is 11.2. The third-order valence-electron chi connectivity index (χ3n) is 5.48. The van der Waals surface area contributed by atoms with E-state index in [2.05, 4.69) is 6.92 Å². The molecule has 0 aromatic heterocycles. The zero-order valence-corrected chi connectivity index (χ0v) is 10.3. The van der Waals surface area contributed by atoms with Gasteiger partial charge < -0.3 is 9.84 Å². The summed E-state index contributed by atoms with van der Waals surface area (Å²) in [6.45, 7) is 3.20. The SMILES string of the molecule is CC1C(O)CCC1C1CCOC2(CCC2)C1. The summed E-state index contributed by atoms with van der Waals surface area (Å²) in [6.07, 6.45) is 8.65. The van der Waals surface area contributed by atoms with Gasteiger partial charge in [-0.05, 0) is 62.7 Å². The van der Waals surface area contributed by atoms with Gasteiger partial charge in [-0.3, -0.25) is 0 Å². The van der Waals surface area contributed by atoms with E-state index in [1.165, 1.54) is 38.5 Å². The first-order valence-electron chi connectivity index (χ1n) is 7.02. The van der Waals surface area contributed by atoms with E-state index < -0.39 is 0 Å². The van der Waals surface area contributed by atoms with Crippen LogP contribution in [-0.4, -0.2) is 23.4 Å². The standard InChI is InChI=1S/C14H24O2/c1-10-12(3-4-13(10)15)11-5-8-16-14(9-11)6-2-7-14/h10-13,15H,2-9H2,1H3. The molecule has 3 aliphatic rings. The van der Waals surface area contributed by atoms with Crippen LogP contribution >= 0.6 is 0 Å². The van der Waals surface area contributed by atoms with Crippen molar-refractivity contribution in [1.82, 2.24) is 0 Å². The van der Waals surface area contributed by atoms with Crippen molar-refractivity contribution in [3.63, 3.8) is 0 Å². The van der Waals surface area contributed by atoms with Crippen molar-refractivity contribution in [1.29, 1.82) is 0 Å². The number of rotatable bonds is 1. The van der Waals surface area contributed by atoms with Gasteiger partial charge in [-0.25, -0.2) is 0 Å². The first-order chi connectivity index (χ1) is 7.70. The molecule has 0 bridgehead atoms. The normalized spacial score (nSPS) is 46.9. The van der Waals surface area contributed by atoms with Crippen LogP contribution in [-0.2, 0) is 4.74 Å². The van der Waals surface area contributed by atoms with Crippen molar-refractivity contribution in [3.05, 3.63) is 0 Å². The summed E-state index contributed by atoms with van der Waals surface area (Å²) in [5.41, 5.74) is 0.274. The molecule has 1 aliphatic heterocycles. The average molecular weight is 224 g/mol. The van der Waals surface area contributed by atoms with Gasteiger partial charge in [-0.1, -0.05) is 6.92 Å². The maximum absolute atomic E-state index is 9.87. The number of aliphatic hydroxyl groups excluding tert-OH is 1. The molecule has 1 saturated heterocycles. The molecular weight excluding hydrogens is 200 g/mol. The minimum atomic E-state index is -0.0369. The van der Waals surface area contributed by atoms with Crippen LogP contribution < -0.4 is 0 Å². The molecule has 3 fully saturated rings. The zero-order valence-electron chi connectivity index (χ0n) is 10.3. The van der Waals surface area contributed by atoms with Gasteiger partial charge in [0, 0.05) is 6.61 Å². The van der Waals surface area contributed by atoms with E-state index in [1.807, 2.05) is 0 Å². The lowest BCUT2D eigenvalue weighted by atomic mass is 9.67. The van der Waals surface area contributed by atoms with E-state index in [9.17, 15) is 5.11 Å². The molecule has 1 heterocycles. The molecule has 2 heteroatoms. The number of ether oxygens (including phenoxy) is 1. The van der Waals surface area contributed by atoms with Gasteiger partial charge in [0.15, 0.2) is 0 Å². The third kappa shape index (κ3) is 1.70. The smallest absolute Gasteiger partial charge is 0.0685 e. The van der Waals surface area contributed by atoms with Crippen LogP contribution in [0.3, 0.4) is 0 Å². The van der Waals surface area contributed by atoms with Crippen LogP contribution in [0.4, 0.5) is 0 Å². The lowest BCUT2D eigenvalue weighted by Gasteiger charge is -2.49. The fraction of sp³-hybridized carbons (Fsp3) is 1.00. The Kier molecular flexibility index (Phi) is 2.75. The Labute approximate surface area is 98.4 Å². The van der Waals surface area contributed by atoms with Gasteiger partial charge >= 0.3 is 0 Å². The Morgan fingerprint density at radius 1 is 1.19 bits per heavy atom. The molecule has 4 atom stereocenters. The van der Waals surface area contributed by atoms with Crippen LogP contribution in [0.1, 0.15) is 51.9 Å². The predicted molar refractivity (Wildman–Crippen MR) is 63.2 cm³/mol. The lowest BCUT2D eigenvalue weighted by molar-refractivity contribution is -0.152. The van der Waals surface area contributed by atoms with Crippen LogP contribution in [0, 0.1) is 17.8 Å². The number of hydrogen-bond acceptors (Lipinski definition) is 2. The van der Waals surface area contributed by atoms with Crippen LogP contribution in [0.5, 0.6) is 0 Å². The molecule has 1 N–H and O–H groups in total. The van der Waals surface area contributed by atoms with E-state index in [0.29, 0.717) is 5.92 Å². The molecule has 2 nitrogen and oxygen atoms in total. The first kappa shape index (κ1) is 11.0. The molecule has 0 aromatic rings. The van der Waals surface area contributed by atoms with E-state index in [1.54, 1.807) is 0 Å². The molecular formula is C14H24O2. The topological polar surface area (TPSA) is 29.5 Å². The van der Waals surface area contributed by atoms with Crippen molar-refractivity contribution < 1.29 is 9.84 Å². The van der Waals surface area contributed by atoms with E-state index in [-0.39, 0.29) is 11.7 Å². The summed E-state index contributed by atoms with van der Waals surface area (Å²) < 4.78 is 5.99. The summed E-state index contributed by atoms with van der Waals surface area (Å²) in [6, 6.07) is 0. The van der Waals surface area contributed by atoms with Crippen molar-refractivity contribution in [2.75, 3.05) is 6.61 Å². The third-order valence-corrected chi connectivity index (χ3v) is 5.48. The highest BCUT2D eigenvalue weighted by atomic mass is 16.5. The monoisotopic (exact) mass is 224 g/mol. The van der Waals surface area contributed by atoms with Crippen molar-refractivity contribution in [2.24, 2.45) is 17.8 Å². The highest BCUT2D eigenvalue weighted by Crippen LogP contribution is 2.49. The second-order valence-corrected chi connectivity index (χ2v) is 6.31. The van der Waals surface area contributed by atoms with Crippen molar-refractivity contribution >= 4 is 0 Å². The molecule has 0 amide bonds. The second-order valence-electron chi connectivity index (χ2n) is 6.31. The van der Waals surface area contributed by atoms with Crippen molar-refractivity contribution in [3.8, 4) is 0 Å². The Balaban J connectivity index is 1.66. The van der Waals surface area contributed by atoms with Gasteiger partial charge in [-0.2, -0.15) is 0 Å². The molecule has 4 unspecified atom stereocenters. The van der Waals surface area contributed by atoms with E-state index >= 15 is 0 Å². The molecule has 2 aliphatic carbocycles. The van der Waals surface area contributed by atoms with Gasteiger partial charge in [0.1, 0.15) is 0 Å². The molecule has 0 aromatic carbocycles. The predicted octanol–water partition coefficient (Wildman–Crippen LogP) is 2.74.